The Kier molecular flexibility index (Phi) is 4.06. The van der Waals surface area contributed by atoms with Crippen molar-refractivity contribution in [2.45, 2.75) is 13.1 Å². The average Bonchev–Trinajstić information content (AvgIpc) is 3.01. The molecular formula is C21H18N6O. The van der Waals surface area contributed by atoms with Crippen LogP contribution in [-0.2, 0) is 13.1 Å². The van der Waals surface area contributed by atoms with E-state index in [2.05, 4.69) is 31.7 Å². The van der Waals surface area contributed by atoms with Gasteiger partial charge in [-0.1, -0.05) is 24.3 Å². The molecular weight excluding hydrogens is 352 g/mol. The maximum atomic E-state index is 5.77. The molecule has 2 aromatic carbocycles. The van der Waals surface area contributed by atoms with Crippen molar-refractivity contribution in [2.24, 2.45) is 4.99 Å². The second-order valence-corrected chi connectivity index (χ2v) is 6.57. The number of rotatable bonds is 4. The van der Waals surface area contributed by atoms with Gasteiger partial charge in [0, 0.05) is 40.9 Å². The van der Waals surface area contributed by atoms with E-state index in [0.717, 1.165) is 39.2 Å². The van der Waals surface area contributed by atoms with Gasteiger partial charge in [-0.15, -0.1) is 0 Å². The van der Waals surface area contributed by atoms with E-state index in [0.29, 0.717) is 24.9 Å². The van der Waals surface area contributed by atoms with Crippen LogP contribution in [0.5, 0.6) is 0 Å². The number of oxazole rings is 1. The summed E-state index contributed by atoms with van der Waals surface area (Å²) in [7, 11) is 1.86. The molecule has 2 N–H and O–H groups in total. The lowest BCUT2D eigenvalue weighted by atomic mass is 10.0. The quantitative estimate of drug-likeness (QED) is 0.570. The first-order valence-corrected chi connectivity index (χ1v) is 9.06. The molecule has 0 fully saturated rings. The summed E-state index contributed by atoms with van der Waals surface area (Å²) in [5.74, 6) is 1.19. The summed E-state index contributed by atoms with van der Waals surface area (Å²) in [6.07, 6.45) is 3.73. The predicted molar refractivity (Wildman–Crippen MR) is 109 cm³/mol. The maximum absolute atomic E-state index is 5.77. The molecule has 0 bridgehead atoms. The summed E-state index contributed by atoms with van der Waals surface area (Å²) >= 11 is 0. The molecule has 1 aliphatic rings. The van der Waals surface area contributed by atoms with Crippen molar-refractivity contribution in [1.82, 2.24) is 20.3 Å². The van der Waals surface area contributed by atoms with Crippen molar-refractivity contribution in [3.05, 3.63) is 65.7 Å². The summed E-state index contributed by atoms with van der Waals surface area (Å²) in [4.78, 5) is 18.1. The van der Waals surface area contributed by atoms with Crippen LogP contribution < -0.4 is 10.6 Å². The molecule has 4 aromatic rings. The minimum Gasteiger partial charge on any atom is -0.439 e. The molecule has 0 spiro atoms. The van der Waals surface area contributed by atoms with E-state index in [1.165, 1.54) is 0 Å². The topological polar surface area (TPSA) is 88.2 Å². The SMILES string of the molecule is CNCc1nc2ccc(Nc3ncc4c(n3)-c3ccccc3C=NC4)cc2o1. The first kappa shape index (κ1) is 16.6. The van der Waals surface area contributed by atoms with Gasteiger partial charge < -0.3 is 15.1 Å². The monoisotopic (exact) mass is 370 g/mol. The fourth-order valence-electron chi connectivity index (χ4n) is 3.29. The van der Waals surface area contributed by atoms with Crippen LogP contribution in [0.25, 0.3) is 22.4 Å². The summed E-state index contributed by atoms with van der Waals surface area (Å²) < 4.78 is 5.77. The molecule has 138 valence electrons. The Morgan fingerprint density at radius 2 is 2.04 bits per heavy atom. The summed E-state index contributed by atoms with van der Waals surface area (Å²) in [5, 5.41) is 6.31. The molecule has 1 aliphatic heterocycles. The highest BCUT2D eigenvalue weighted by atomic mass is 16.3. The van der Waals surface area contributed by atoms with Crippen LogP contribution >= 0.6 is 0 Å². The fourth-order valence-corrected chi connectivity index (χ4v) is 3.29. The Labute approximate surface area is 161 Å². The zero-order valence-electron chi connectivity index (χ0n) is 15.3. The maximum Gasteiger partial charge on any atom is 0.227 e. The minimum absolute atomic E-state index is 0.532. The van der Waals surface area contributed by atoms with Gasteiger partial charge in [0.25, 0.3) is 0 Å². The fraction of sp³-hybridized carbons (Fsp3) is 0.143. The van der Waals surface area contributed by atoms with Crippen LogP contribution in [0.4, 0.5) is 11.6 Å². The third kappa shape index (κ3) is 3.01. The van der Waals surface area contributed by atoms with Crippen LogP contribution in [0.3, 0.4) is 0 Å². The van der Waals surface area contributed by atoms with Gasteiger partial charge >= 0.3 is 0 Å². The largest absolute Gasteiger partial charge is 0.439 e. The Morgan fingerprint density at radius 3 is 2.96 bits per heavy atom. The lowest BCUT2D eigenvalue weighted by Gasteiger charge is -2.10. The van der Waals surface area contributed by atoms with Crippen molar-refractivity contribution in [3.63, 3.8) is 0 Å². The molecule has 0 unspecified atom stereocenters. The van der Waals surface area contributed by atoms with Gasteiger partial charge in [0.15, 0.2) is 5.58 Å². The number of aromatic nitrogens is 3. The second kappa shape index (κ2) is 6.86. The average molecular weight is 370 g/mol. The van der Waals surface area contributed by atoms with Crippen molar-refractivity contribution in [3.8, 4) is 11.3 Å². The van der Waals surface area contributed by atoms with E-state index in [1.807, 2.05) is 55.9 Å². The van der Waals surface area contributed by atoms with Crippen LogP contribution in [0.15, 0.2) is 58.1 Å². The van der Waals surface area contributed by atoms with Crippen molar-refractivity contribution in [1.29, 1.82) is 0 Å². The Morgan fingerprint density at radius 1 is 1.11 bits per heavy atom. The number of aliphatic imine (C=N–C) groups is 1. The van der Waals surface area contributed by atoms with Crippen LogP contribution in [0, 0.1) is 0 Å². The lowest BCUT2D eigenvalue weighted by Crippen LogP contribution is -2.04. The Balaban J connectivity index is 1.49. The van der Waals surface area contributed by atoms with E-state index in [-0.39, 0.29) is 0 Å². The van der Waals surface area contributed by atoms with E-state index in [1.54, 1.807) is 0 Å². The Bertz CT molecular complexity index is 1200. The lowest BCUT2D eigenvalue weighted by molar-refractivity contribution is 0.511. The van der Waals surface area contributed by atoms with Gasteiger partial charge in [-0.2, -0.15) is 0 Å². The number of hydrogen-bond donors (Lipinski definition) is 2. The molecule has 0 atom stereocenters. The highest BCUT2D eigenvalue weighted by Gasteiger charge is 2.15. The van der Waals surface area contributed by atoms with Crippen LogP contribution in [0.1, 0.15) is 17.0 Å². The van der Waals surface area contributed by atoms with E-state index in [4.69, 9.17) is 9.40 Å². The molecule has 0 aliphatic carbocycles. The van der Waals surface area contributed by atoms with Crippen LogP contribution in [-0.4, -0.2) is 28.2 Å². The number of fused-ring (bicyclic) bond motifs is 4. The number of hydrogen-bond acceptors (Lipinski definition) is 7. The second-order valence-electron chi connectivity index (χ2n) is 6.57. The smallest absolute Gasteiger partial charge is 0.227 e. The zero-order valence-corrected chi connectivity index (χ0v) is 15.3. The van der Waals surface area contributed by atoms with Gasteiger partial charge in [0.2, 0.25) is 11.8 Å². The van der Waals surface area contributed by atoms with Gasteiger partial charge in [-0.3, -0.25) is 4.99 Å². The van der Waals surface area contributed by atoms with E-state index < -0.39 is 0 Å². The van der Waals surface area contributed by atoms with E-state index >= 15 is 0 Å². The molecule has 0 radical (unpaired) electrons. The summed E-state index contributed by atoms with van der Waals surface area (Å²) in [6.45, 7) is 1.16. The van der Waals surface area contributed by atoms with Crippen LogP contribution in [0.2, 0.25) is 0 Å². The van der Waals surface area contributed by atoms with Gasteiger partial charge in [0.05, 0.1) is 18.8 Å². The predicted octanol–water partition coefficient (Wildman–Crippen LogP) is 3.68. The van der Waals surface area contributed by atoms with Gasteiger partial charge in [-0.25, -0.2) is 15.0 Å². The number of benzene rings is 2. The summed E-state index contributed by atoms with van der Waals surface area (Å²) in [5.41, 5.74) is 6.43. The highest BCUT2D eigenvalue weighted by molar-refractivity contribution is 5.91. The van der Waals surface area contributed by atoms with Gasteiger partial charge in [0.1, 0.15) is 5.52 Å². The minimum atomic E-state index is 0.532. The Hall–Kier alpha value is -3.58. The molecule has 0 amide bonds. The molecule has 28 heavy (non-hydrogen) atoms. The molecule has 0 saturated heterocycles. The van der Waals surface area contributed by atoms with Gasteiger partial charge in [-0.05, 0) is 19.2 Å². The molecule has 5 rings (SSSR count). The highest BCUT2D eigenvalue weighted by Crippen LogP contribution is 2.29. The molecule has 2 aromatic heterocycles. The molecule has 0 saturated carbocycles. The van der Waals surface area contributed by atoms with Crippen molar-refractivity contribution < 1.29 is 4.42 Å². The van der Waals surface area contributed by atoms with E-state index in [9.17, 15) is 0 Å². The number of anilines is 2. The standard InChI is InChI=1S/C21H18N6O/c1-22-12-19-26-17-7-6-15(8-18(17)28-19)25-21-24-11-14-10-23-9-13-4-2-3-5-16(13)20(14)27-21/h2-9,11,22H,10,12H2,1H3,(H,24,25,27). The summed E-state index contributed by atoms with van der Waals surface area (Å²) in [6, 6.07) is 13.9. The first-order valence-electron chi connectivity index (χ1n) is 9.06. The van der Waals surface area contributed by atoms with Crippen molar-refractivity contribution in [2.75, 3.05) is 12.4 Å². The molecule has 7 heteroatoms. The first-order chi connectivity index (χ1) is 13.8. The number of nitrogens with zero attached hydrogens (tertiary/aromatic N) is 4. The third-order valence-electron chi connectivity index (χ3n) is 4.59. The number of nitrogens with one attached hydrogen (secondary N) is 2. The molecule has 7 nitrogen and oxygen atoms in total. The zero-order chi connectivity index (χ0) is 18.9. The molecule has 3 heterocycles. The third-order valence-corrected chi connectivity index (χ3v) is 4.59. The normalized spacial score (nSPS) is 12.5. The van der Waals surface area contributed by atoms with Crippen molar-refractivity contribution >= 4 is 29.0 Å².